The molecular weight excluding hydrogens is 270 g/mol. The van der Waals surface area contributed by atoms with Crippen molar-refractivity contribution in [1.82, 2.24) is 9.88 Å². The van der Waals surface area contributed by atoms with E-state index in [0.29, 0.717) is 0 Å². The van der Waals surface area contributed by atoms with Crippen LogP contribution < -0.4 is 0 Å². The van der Waals surface area contributed by atoms with Crippen molar-refractivity contribution in [2.45, 2.75) is 11.1 Å². The number of rotatable bonds is 2. The average molecular weight is 283 g/mol. The van der Waals surface area contributed by atoms with Crippen molar-refractivity contribution in [3.8, 4) is 0 Å². The molecule has 0 saturated heterocycles. The minimum atomic E-state index is -0.331. The number of hydrogen-bond donors (Lipinski definition) is 0. The Balaban J connectivity index is 2.03. The number of aromatic nitrogens is 1. The summed E-state index contributed by atoms with van der Waals surface area (Å²) < 4.78 is 0. The summed E-state index contributed by atoms with van der Waals surface area (Å²) in [5.74, 6) is 0. The van der Waals surface area contributed by atoms with Gasteiger partial charge in [-0.3, -0.25) is 0 Å². The van der Waals surface area contributed by atoms with Gasteiger partial charge in [-0.15, -0.1) is 0 Å². The topological polar surface area (TPSA) is 45.6 Å². The number of carbonyl (C=O) groups excluding carboxylic acids is 1. The summed E-state index contributed by atoms with van der Waals surface area (Å²) in [7, 11) is 1.88. The van der Waals surface area contributed by atoms with Crippen molar-refractivity contribution in [1.29, 1.82) is 0 Å². The van der Waals surface area contributed by atoms with Crippen LogP contribution in [0.3, 0.4) is 0 Å². The van der Waals surface area contributed by atoms with Crippen LogP contribution >= 0.6 is 11.8 Å². The highest BCUT2D eigenvalue weighted by atomic mass is 32.2. The van der Waals surface area contributed by atoms with E-state index in [1.54, 1.807) is 6.20 Å². The Hall–Kier alpha value is -2.14. The summed E-state index contributed by atoms with van der Waals surface area (Å²) in [6, 6.07) is 13.2. The van der Waals surface area contributed by atoms with Gasteiger partial charge >= 0.3 is 0 Å². The zero-order chi connectivity index (χ0) is 13.9. The number of amidine groups is 1. The number of fused-ring (bicyclic) bond motifs is 1. The second-order valence-electron chi connectivity index (χ2n) is 4.42. The Morgan fingerprint density at radius 1 is 1.25 bits per heavy atom. The van der Waals surface area contributed by atoms with Crippen molar-refractivity contribution in [2.75, 3.05) is 7.05 Å². The molecule has 1 aliphatic heterocycles. The van der Waals surface area contributed by atoms with Crippen molar-refractivity contribution < 1.29 is 4.79 Å². The Bertz CT molecular complexity index is 657. The summed E-state index contributed by atoms with van der Waals surface area (Å²) in [5, 5.41) is 1.62. The van der Waals surface area contributed by atoms with Crippen molar-refractivity contribution in [3.05, 3.63) is 54.2 Å². The fourth-order valence-electron chi connectivity index (χ4n) is 2.08. The molecule has 4 nitrogen and oxygen atoms in total. The van der Waals surface area contributed by atoms with Gasteiger partial charge in [0.05, 0.1) is 5.69 Å². The fraction of sp³-hybridized carbons (Fsp3) is 0.133. The monoisotopic (exact) mass is 283 g/mol. The Labute approximate surface area is 121 Å². The molecule has 0 spiro atoms. The molecule has 1 atom stereocenters. The van der Waals surface area contributed by atoms with Crippen LogP contribution in [0.4, 0.5) is 5.69 Å². The molecule has 2 aromatic rings. The lowest BCUT2D eigenvalue weighted by molar-refractivity contribution is -0.111. The minimum absolute atomic E-state index is 0.331. The van der Waals surface area contributed by atoms with Crippen LogP contribution in [0.1, 0.15) is 11.6 Å². The number of hydrogen-bond acceptors (Lipinski definition) is 4. The van der Waals surface area contributed by atoms with E-state index in [1.807, 2.05) is 54.4 Å². The van der Waals surface area contributed by atoms with Gasteiger partial charge in [-0.25, -0.2) is 9.98 Å². The highest BCUT2D eigenvalue weighted by molar-refractivity contribution is 8.13. The quantitative estimate of drug-likeness (QED) is 0.795. The Morgan fingerprint density at radius 3 is 2.80 bits per heavy atom. The number of aldehydes is 1. The van der Waals surface area contributed by atoms with E-state index in [-0.39, 0.29) is 6.04 Å². The lowest BCUT2D eigenvalue weighted by Gasteiger charge is -2.32. The van der Waals surface area contributed by atoms with Gasteiger partial charge in [0.15, 0.2) is 5.17 Å². The predicted molar refractivity (Wildman–Crippen MR) is 80.2 cm³/mol. The van der Waals surface area contributed by atoms with E-state index in [0.717, 1.165) is 27.7 Å². The normalized spacial score (nSPS) is 19.8. The minimum Gasteiger partial charge on any atom is -0.340 e. The third-order valence-electron chi connectivity index (χ3n) is 3.14. The molecule has 1 aliphatic rings. The largest absolute Gasteiger partial charge is 0.340 e. The fourth-order valence-corrected chi connectivity index (χ4v) is 3.08. The number of pyridine rings is 1. The van der Waals surface area contributed by atoms with Crippen molar-refractivity contribution in [2.24, 2.45) is 4.99 Å². The maximum absolute atomic E-state index is 11.4. The number of benzene rings is 1. The third kappa shape index (κ3) is 2.32. The van der Waals surface area contributed by atoms with Crippen LogP contribution in [0.15, 0.2) is 58.7 Å². The summed E-state index contributed by atoms with van der Waals surface area (Å²) in [4.78, 5) is 22.2. The number of aliphatic imine (C=N–C) groups is 1. The zero-order valence-electron chi connectivity index (χ0n) is 10.9. The molecule has 1 aromatic carbocycles. The summed E-state index contributed by atoms with van der Waals surface area (Å²) in [6.07, 6.45) is 2.67. The molecule has 0 radical (unpaired) electrons. The molecule has 0 N–H and O–H groups in total. The Morgan fingerprint density at radius 2 is 2.05 bits per heavy atom. The van der Waals surface area contributed by atoms with Gasteiger partial charge in [-0.2, -0.15) is 0 Å². The number of nitrogens with zero attached hydrogens (tertiary/aromatic N) is 3. The maximum Gasteiger partial charge on any atom is 0.171 e. The van der Waals surface area contributed by atoms with E-state index in [4.69, 9.17) is 0 Å². The first-order chi connectivity index (χ1) is 9.79. The molecule has 0 fully saturated rings. The number of carbonyl (C=O) groups is 1. The second kappa shape index (κ2) is 5.46. The number of thioether (sulfide) groups is 1. The highest BCUT2D eigenvalue weighted by Gasteiger charge is 2.29. The lowest BCUT2D eigenvalue weighted by atomic mass is 10.1. The van der Waals surface area contributed by atoms with E-state index in [2.05, 4.69) is 9.98 Å². The first-order valence-corrected chi connectivity index (χ1v) is 7.06. The molecule has 0 saturated carbocycles. The predicted octanol–water partition coefficient (Wildman–Crippen LogP) is 3.05. The van der Waals surface area contributed by atoms with Crippen LogP contribution in [0.25, 0.3) is 0 Å². The standard InChI is InChI=1S/C15H13N3OS/c1-18-13(10-19)12-8-5-9-16-14(12)20-15(18)17-11-6-3-2-4-7-11/h2-10,13H,1H3. The van der Waals surface area contributed by atoms with Gasteiger partial charge in [-0.1, -0.05) is 24.3 Å². The molecule has 0 bridgehead atoms. The van der Waals surface area contributed by atoms with Gasteiger partial charge < -0.3 is 9.69 Å². The van der Waals surface area contributed by atoms with Crippen LogP contribution in [0.2, 0.25) is 0 Å². The maximum atomic E-state index is 11.4. The molecule has 1 aromatic heterocycles. The average Bonchev–Trinajstić information content (AvgIpc) is 2.49. The second-order valence-corrected chi connectivity index (χ2v) is 5.38. The summed E-state index contributed by atoms with van der Waals surface area (Å²) >= 11 is 1.48. The molecule has 5 heteroatoms. The summed E-state index contributed by atoms with van der Waals surface area (Å²) in [6.45, 7) is 0. The van der Waals surface area contributed by atoms with Gasteiger partial charge in [0.2, 0.25) is 0 Å². The Kier molecular flexibility index (Phi) is 3.52. The van der Waals surface area contributed by atoms with E-state index >= 15 is 0 Å². The van der Waals surface area contributed by atoms with Crippen LogP contribution in [-0.4, -0.2) is 28.4 Å². The van der Waals surface area contributed by atoms with Crippen LogP contribution in [0, 0.1) is 0 Å². The molecule has 3 rings (SSSR count). The first kappa shape index (κ1) is 12.9. The van der Waals surface area contributed by atoms with Crippen molar-refractivity contribution in [3.63, 3.8) is 0 Å². The zero-order valence-corrected chi connectivity index (χ0v) is 11.7. The summed E-state index contributed by atoms with van der Waals surface area (Å²) in [5.41, 5.74) is 1.80. The van der Waals surface area contributed by atoms with Crippen LogP contribution in [0.5, 0.6) is 0 Å². The van der Waals surface area contributed by atoms with Gasteiger partial charge in [-0.05, 0) is 30.0 Å². The highest BCUT2D eigenvalue weighted by Crippen LogP contribution is 2.36. The van der Waals surface area contributed by atoms with E-state index < -0.39 is 0 Å². The molecule has 2 heterocycles. The van der Waals surface area contributed by atoms with E-state index in [9.17, 15) is 4.79 Å². The number of likely N-dealkylation sites (N-methyl/N-ethyl adjacent to an activating group) is 1. The molecule has 1 unspecified atom stereocenters. The molecule has 20 heavy (non-hydrogen) atoms. The SMILES string of the molecule is CN1C(=Nc2ccccc2)Sc2ncccc2C1C=O. The van der Waals surface area contributed by atoms with Gasteiger partial charge in [0.25, 0.3) is 0 Å². The first-order valence-electron chi connectivity index (χ1n) is 6.24. The van der Waals surface area contributed by atoms with Gasteiger partial charge in [0.1, 0.15) is 17.4 Å². The number of para-hydroxylation sites is 1. The third-order valence-corrected chi connectivity index (χ3v) is 4.23. The van der Waals surface area contributed by atoms with Crippen molar-refractivity contribution >= 4 is 28.9 Å². The molecule has 0 amide bonds. The van der Waals surface area contributed by atoms with Gasteiger partial charge in [0, 0.05) is 18.8 Å². The smallest absolute Gasteiger partial charge is 0.171 e. The molecular formula is C15H13N3OS. The van der Waals surface area contributed by atoms with Crippen LogP contribution in [-0.2, 0) is 4.79 Å². The lowest BCUT2D eigenvalue weighted by Crippen LogP contribution is -2.34. The molecule has 100 valence electrons. The van der Waals surface area contributed by atoms with E-state index in [1.165, 1.54) is 11.8 Å². The molecule has 0 aliphatic carbocycles.